The molecule has 0 saturated heterocycles. The van der Waals surface area contributed by atoms with E-state index in [0.717, 1.165) is 11.3 Å². The fraction of sp³-hybridized carbons (Fsp3) is 0.250. The molecule has 20 heavy (non-hydrogen) atoms. The molecule has 0 spiro atoms. The van der Waals surface area contributed by atoms with Crippen LogP contribution in [-0.4, -0.2) is 11.7 Å². The first-order valence-electron chi connectivity index (χ1n) is 6.45. The molecule has 2 nitrogen and oxygen atoms in total. The normalized spacial score (nSPS) is 12.2. The van der Waals surface area contributed by atoms with Crippen molar-refractivity contribution in [1.82, 2.24) is 0 Å². The molecule has 106 valence electrons. The minimum absolute atomic E-state index is 0.268. The molecule has 1 atom stereocenters. The highest BCUT2D eigenvalue weighted by Crippen LogP contribution is 2.25. The van der Waals surface area contributed by atoms with E-state index in [1.165, 1.54) is 18.2 Å². The zero-order valence-corrected chi connectivity index (χ0v) is 11.9. The SMILES string of the molecule is CCOc1ccc(C(O)Cc2cc(F)ccc2Cl)cc1. The fourth-order valence-corrected chi connectivity index (χ4v) is 2.17. The van der Waals surface area contributed by atoms with E-state index >= 15 is 0 Å². The van der Waals surface area contributed by atoms with Crippen molar-refractivity contribution >= 4 is 11.6 Å². The highest BCUT2D eigenvalue weighted by molar-refractivity contribution is 6.31. The number of ether oxygens (including phenoxy) is 1. The Morgan fingerprint density at radius 3 is 2.55 bits per heavy atom. The number of aliphatic hydroxyl groups is 1. The third-order valence-electron chi connectivity index (χ3n) is 3.00. The third kappa shape index (κ3) is 3.71. The predicted molar refractivity (Wildman–Crippen MR) is 77.7 cm³/mol. The Balaban J connectivity index is 2.11. The van der Waals surface area contributed by atoms with Gasteiger partial charge in [-0.05, 0) is 48.4 Å². The predicted octanol–water partition coefficient (Wildman–Crippen LogP) is 4.15. The van der Waals surface area contributed by atoms with Crippen molar-refractivity contribution in [2.45, 2.75) is 19.4 Å². The molecular formula is C16H16ClFO2. The van der Waals surface area contributed by atoms with E-state index in [9.17, 15) is 9.50 Å². The summed E-state index contributed by atoms with van der Waals surface area (Å²) < 4.78 is 18.5. The first-order chi connectivity index (χ1) is 9.60. The van der Waals surface area contributed by atoms with Crippen molar-refractivity contribution in [3.63, 3.8) is 0 Å². The van der Waals surface area contributed by atoms with E-state index in [4.69, 9.17) is 16.3 Å². The van der Waals surface area contributed by atoms with E-state index in [2.05, 4.69) is 0 Å². The second-order valence-corrected chi connectivity index (χ2v) is 4.86. The first-order valence-corrected chi connectivity index (χ1v) is 6.82. The maximum Gasteiger partial charge on any atom is 0.123 e. The Labute approximate surface area is 122 Å². The van der Waals surface area contributed by atoms with Gasteiger partial charge in [0.1, 0.15) is 11.6 Å². The van der Waals surface area contributed by atoms with Crippen molar-refractivity contribution in [2.24, 2.45) is 0 Å². The Hall–Kier alpha value is -1.58. The maximum atomic E-state index is 13.2. The average molecular weight is 295 g/mol. The number of aliphatic hydroxyl groups excluding tert-OH is 1. The van der Waals surface area contributed by atoms with Gasteiger partial charge in [0.2, 0.25) is 0 Å². The van der Waals surface area contributed by atoms with Crippen molar-refractivity contribution in [2.75, 3.05) is 6.61 Å². The number of halogens is 2. The van der Waals surface area contributed by atoms with Gasteiger partial charge in [-0.3, -0.25) is 0 Å². The monoisotopic (exact) mass is 294 g/mol. The van der Waals surface area contributed by atoms with Gasteiger partial charge in [-0.1, -0.05) is 23.7 Å². The van der Waals surface area contributed by atoms with Gasteiger partial charge in [-0.15, -0.1) is 0 Å². The number of hydrogen-bond donors (Lipinski definition) is 1. The lowest BCUT2D eigenvalue weighted by Gasteiger charge is -2.13. The smallest absolute Gasteiger partial charge is 0.123 e. The molecule has 0 bridgehead atoms. The summed E-state index contributed by atoms with van der Waals surface area (Å²) in [6.07, 6.45) is -0.463. The number of rotatable bonds is 5. The van der Waals surface area contributed by atoms with Gasteiger partial charge in [0, 0.05) is 11.4 Å². The van der Waals surface area contributed by atoms with E-state index in [-0.39, 0.29) is 12.2 Å². The summed E-state index contributed by atoms with van der Waals surface area (Å²) in [5, 5.41) is 10.6. The minimum atomic E-state index is -0.732. The van der Waals surface area contributed by atoms with Gasteiger partial charge in [-0.25, -0.2) is 4.39 Å². The Morgan fingerprint density at radius 1 is 1.20 bits per heavy atom. The molecule has 0 radical (unpaired) electrons. The molecule has 1 N–H and O–H groups in total. The average Bonchev–Trinajstić information content (AvgIpc) is 2.44. The maximum absolute atomic E-state index is 13.2. The van der Waals surface area contributed by atoms with Crippen LogP contribution in [0.25, 0.3) is 0 Å². The quantitative estimate of drug-likeness (QED) is 0.897. The Morgan fingerprint density at radius 2 is 1.90 bits per heavy atom. The molecule has 0 aromatic heterocycles. The van der Waals surface area contributed by atoms with Crippen LogP contribution in [0.4, 0.5) is 4.39 Å². The lowest BCUT2D eigenvalue weighted by atomic mass is 10.0. The van der Waals surface area contributed by atoms with E-state index in [0.29, 0.717) is 17.2 Å². The zero-order valence-electron chi connectivity index (χ0n) is 11.1. The van der Waals surface area contributed by atoms with Gasteiger partial charge in [0.05, 0.1) is 12.7 Å². The van der Waals surface area contributed by atoms with Crippen LogP contribution < -0.4 is 4.74 Å². The summed E-state index contributed by atoms with van der Waals surface area (Å²) in [5.74, 6) is 0.399. The summed E-state index contributed by atoms with van der Waals surface area (Å²) in [7, 11) is 0. The van der Waals surface area contributed by atoms with Gasteiger partial charge in [-0.2, -0.15) is 0 Å². The van der Waals surface area contributed by atoms with E-state index in [1.54, 1.807) is 24.3 Å². The molecule has 4 heteroatoms. The van der Waals surface area contributed by atoms with Gasteiger partial charge in [0.15, 0.2) is 0 Å². The van der Waals surface area contributed by atoms with Gasteiger partial charge < -0.3 is 9.84 Å². The van der Waals surface area contributed by atoms with Crippen LogP contribution in [0.5, 0.6) is 5.75 Å². The van der Waals surface area contributed by atoms with Crippen LogP contribution in [-0.2, 0) is 6.42 Å². The van der Waals surface area contributed by atoms with Crippen LogP contribution in [0.3, 0.4) is 0 Å². The van der Waals surface area contributed by atoms with Crippen molar-refractivity contribution < 1.29 is 14.2 Å². The van der Waals surface area contributed by atoms with Crippen LogP contribution in [0.1, 0.15) is 24.2 Å². The first kappa shape index (κ1) is 14.8. The van der Waals surface area contributed by atoms with Gasteiger partial charge >= 0.3 is 0 Å². The molecule has 0 saturated carbocycles. The fourth-order valence-electron chi connectivity index (χ4n) is 1.98. The summed E-state index contributed by atoms with van der Waals surface area (Å²) >= 11 is 6.00. The second kappa shape index (κ2) is 6.73. The summed E-state index contributed by atoms with van der Waals surface area (Å²) in [4.78, 5) is 0. The van der Waals surface area contributed by atoms with Crippen molar-refractivity contribution in [3.05, 3.63) is 64.4 Å². The third-order valence-corrected chi connectivity index (χ3v) is 3.37. The molecular weight excluding hydrogens is 279 g/mol. The molecule has 0 aliphatic rings. The lowest BCUT2D eigenvalue weighted by molar-refractivity contribution is 0.178. The minimum Gasteiger partial charge on any atom is -0.494 e. The molecule has 1 unspecified atom stereocenters. The van der Waals surface area contributed by atoms with Crippen LogP contribution in [0.2, 0.25) is 5.02 Å². The highest BCUT2D eigenvalue weighted by Gasteiger charge is 2.12. The van der Waals surface area contributed by atoms with Crippen molar-refractivity contribution in [1.29, 1.82) is 0 Å². The molecule has 2 aromatic carbocycles. The molecule has 0 aliphatic heterocycles. The summed E-state index contributed by atoms with van der Waals surface area (Å²) in [6, 6.07) is 11.3. The molecule has 0 amide bonds. The van der Waals surface area contributed by atoms with Gasteiger partial charge in [0.25, 0.3) is 0 Å². The van der Waals surface area contributed by atoms with Crippen LogP contribution in [0, 0.1) is 5.82 Å². The lowest BCUT2D eigenvalue weighted by Crippen LogP contribution is -2.03. The largest absolute Gasteiger partial charge is 0.494 e. The molecule has 0 aliphatic carbocycles. The molecule has 2 aromatic rings. The molecule has 2 rings (SSSR count). The standard InChI is InChI=1S/C16H16ClFO2/c1-2-20-14-6-3-11(4-7-14)16(19)10-12-9-13(18)5-8-15(12)17/h3-9,16,19H,2,10H2,1H3. The Bertz CT molecular complexity index is 569. The summed E-state index contributed by atoms with van der Waals surface area (Å²) in [6.45, 7) is 2.51. The molecule has 0 fully saturated rings. The van der Waals surface area contributed by atoms with Crippen LogP contribution in [0.15, 0.2) is 42.5 Å². The Kier molecular flexibility index (Phi) is 4.99. The van der Waals surface area contributed by atoms with E-state index in [1.807, 2.05) is 6.92 Å². The number of hydrogen-bond acceptors (Lipinski definition) is 2. The van der Waals surface area contributed by atoms with Crippen molar-refractivity contribution in [3.8, 4) is 5.75 Å². The topological polar surface area (TPSA) is 29.5 Å². The number of benzene rings is 2. The zero-order chi connectivity index (χ0) is 14.5. The molecule has 0 heterocycles. The summed E-state index contributed by atoms with van der Waals surface area (Å²) in [5.41, 5.74) is 1.34. The highest BCUT2D eigenvalue weighted by atomic mass is 35.5. The van der Waals surface area contributed by atoms with E-state index < -0.39 is 6.10 Å². The van der Waals surface area contributed by atoms with Crippen LogP contribution >= 0.6 is 11.6 Å². The second-order valence-electron chi connectivity index (χ2n) is 4.46.